The van der Waals surface area contributed by atoms with Crippen LogP contribution in [0.3, 0.4) is 0 Å². The van der Waals surface area contributed by atoms with Crippen molar-refractivity contribution < 1.29 is 18.7 Å². The standard InChI is InChI=1S/C12H10FN3O3/c1-19-12(18)11-10(7-17)16(15-14-11)6-8-4-2-3-5-9(8)13/h2-5,7H,6H2,1H3. The fourth-order valence-corrected chi connectivity index (χ4v) is 1.58. The van der Waals surface area contributed by atoms with E-state index in [9.17, 15) is 14.0 Å². The van der Waals surface area contributed by atoms with E-state index < -0.39 is 11.8 Å². The Balaban J connectivity index is 2.36. The van der Waals surface area contributed by atoms with Gasteiger partial charge in [0.15, 0.2) is 6.29 Å². The van der Waals surface area contributed by atoms with Gasteiger partial charge in [0.25, 0.3) is 0 Å². The monoisotopic (exact) mass is 263 g/mol. The Morgan fingerprint density at radius 2 is 2.21 bits per heavy atom. The van der Waals surface area contributed by atoms with Gasteiger partial charge in [-0.1, -0.05) is 23.4 Å². The van der Waals surface area contributed by atoms with E-state index in [1.54, 1.807) is 18.2 Å². The van der Waals surface area contributed by atoms with Crippen LogP contribution in [0.25, 0.3) is 0 Å². The third kappa shape index (κ3) is 2.49. The molecule has 0 saturated carbocycles. The van der Waals surface area contributed by atoms with E-state index in [4.69, 9.17) is 0 Å². The fraction of sp³-hybridized carbons (Fsp3) is 0.167. The van der Waals surface area contributed by atoms with Crippen molar-refractivity contribution in [3.63, 3.8) is 0 Å². The highest BCUT2D eigenvalue weighted by molar-refractivity contribution is 5.95. The van der Waals surface area contributed by atoms with Gasteiger partial charge in [-0.15, -0.1) is 5.10 Å². The molecule has 0 spiro atoms. The van der Waals surface area contributed by atoms with Gasteiger partial charge in [-0.2, -0.15) is 0 Å². The summed E-state index contributed by atoms with van der Waals surface area (Å²) in [4.78, 5) is 22.4. The number of nitrogens with zero attached hydrogens (tertiary/aromatic N) is 3. The third-order valence-corrected chi connectivity index (χ3v) is 2.54. The largest absolute Gasteiger partial charge is 0.464 e. The van der Waals surface area contributed by atoms with Gasteiger partial charge in [0.2, 0.25) is 5.69 Å². The van der Waals surface area contributed by atoms with E-state index in [-0.39, 0.29) is 17.9 Å². The molecule has 0 amide bonds. The zero-order valence-corrected chi connectivity index (χ0v) is 10.0. The van der Waals surface area contributed by atoms with Crippen LogP contribution in [-0.4, -0.2) is 34.4 Å². The molecule has 7 heteroatoms. The maximum absolute atomic E-state index is 13.5. The van der Waals surface area contributed by atoms with Crippen molar-refractivity contribution in [3.8, 4) is 0 Å². The average Bonchev–Trinajstić information content (AvgIpc) is 2.83. The average molecular weight is 263 g/mol. The highest BCUT2D eigenvalue weighted by atomic mass is 19.1. The summed E-state index contributed by atoms with van der Waals surface area (Å²) in [5, 5.41) is 7.23. The Morgan fingerprint density at radius 3 is 2.84 bits per heavy atom. The summed E-state index contributed by atoms with van der Waals surface area (Å²) >= 11 is 0. The van der Waals surface area contributed by atoms with Crippen molar-refractivity contribution in [1.29, 1.82) is 0 Å². The predicted molar refractivity (Wildman–Crippen MR) is 62.3 cm³/mol. The van der Waals surface area contributed by atoms with Crippen LogP contribution < -0.4 is 0 Å². The zero-order valence-electron chi connectivity index (χ0n) is 10.0. The number of carbonyl (C=O) groups excluding carboxylic acids is 2. The normalized spacial score (nSPS) is 10.2. The number of hydrogen-bond donors (Lipinski definition) is 0. The van der Waals surface area contributed by atoms with Crippen molar-refractivity contribution in [2.75, 3.05) is 7.11 Å². The lowest BCUT2D eigenvalue weighted by Gasteiger charge is -2.04. The van der Waals surface area contributed by atoms with Crippen LogP contribution in [0.5, 0.6) is 0 Å². The minimum absolute atomic E-state index is 0.00470. The van der Waals surface area contributed by atoms with Crippen LogP contribution in [0.2, 0.25) is 0 Å². The molecule has 0 radical (unpaired) electrons. The number of methoxy groups -OCH3 is 1. The van der Waals surface area contributed by atoms with Crippen molar-refractivity contribution >= 4 is 12.3 Å². The van der Waals surface area contributed by atoms with Gasteiger partial charge >= 0.3 is 5.97 Å². The Hall–Kier alpha value is -2.57. The Morgan fingerprint density at radius 1 is 1.47 bits per heavy atom. The molecule has 1 aromatic carbocycles. The van der Waals surface area contributed by atoms with E-state index in [0.29, 0.717) is 11.8 Å². The number of aldehydes is 1. The van der Waals surface area contributed by atoms with Crippen molar-refractivity contribution in [3.05, 3.63) is 47.0 Å². The summed E-state index contributed by atoms with van der Waals surface area (Å²) < 4.78 is 19.1. The lowest BCUT2D eigenvalue weighted by molar-refractivity contribution is 0.0591. The number of rotatable bonds is 4. The molecule has 0 aliphatic heterocycles. The van der Waals surface area contributed by atoms with E-state index in [2.05, 4.69) is 15.0 Å². The van der Waals surface area contributed by atoms with Gasteiger partial charge in [0.1, 0.15) is 11.5 Å². The minimum atomic E-state index is -0.762. The van der Waals surface area contributed by atoms with E-state index in [0.717, 1.165) is 4.68 Å². The Labute approximate surface area is 107 Å². The van der Waals surface area contributed by atoms with Gasteiger partial charge in [0.05, 0.1) is 13.7 Å². The topological polar surface area (TPSA) is 74.1 Å². The first-order valence-corrected chi connectivity index (χ1v) is 5.37. The Kier molecular flexibility index (Phi) is 3.65. The van der Waals surface area contributed by atoms with Crippen molar-refractivity contribution in [2.24, 2.45) is 0 Å². The summed E-state index contributed by atoms with van der Waals surface area (Å²) in [6.07, 6.45) is 0.438. The molecule has 1 aromatic heterocycles. The molecule has 1 heterocycles. The number of aromatic nitrogens is 3. The molecular formula is C12H10FN3O3. The van der Waals surface area contributed by atoms with Crippen LogP contribution in [0.15, 0.2) is 24.3 Å². The number of ether oxygens (including phenoxy) is 1. The van der Waals surface area contributed by atoms with E-state index in [1.807, 2.05) is 0 Å². The molecule has 2 aromatic rings. The second-order valence-electron chi connectivity index (χ2n) is 3.68. The van der Waals surface area contributed by atoms with Gasteiger partial charge in [-0.25, -0.2) is 13.9 Å². The molecule has 0 atom stereocenters. The SMILES string of the molecule is COC(=O)c1nnn(Cc2ccccc2F)c1C=O. The molecule has 6 nitrogen and oxygen atoms in total. The molecule has 19 heavy (non-hydrogen) atoms. The smallest absolute Gasteiger partial charge is 0.361 e. The lowest BCUT2D eigenvalue weighted by Crippen LogP contribution is -2.10. The Bertz CT molecular complexity index is 624. The number of hydrogen-bond acceptors (Lipinski definition) is 5. The number of benzene rings is 1. The zero-order chi connectivity index (χ0) is 13.8. The highest BCUT2D eigenvalue weighted by Gasteiger charge is 2.20. The summed E-state index contributed by atoms with van der Waals surface area (Å²) in [7, 11) is 1.17. The fourth-order valence-electron chi connectivity index (χ4n) is 1.58. The summed E-state index contributed by atoms with van der Waals surface area (Å²) in [5.74, 6) is -1.18. The summed E-state index contributed by atoms with van der Waals surface area (Å²) in [6, 6.07) is 6.08. The molecule has 0 saturated heterocycles. The maximum atomic E-state index is 13.5. The van der Waals surface area contributed by atoms with Gasteiger partial charge in [0, 0.05) is 5.56 Å². The lowest BCUT2D eigenvalue weighted by atomic mass is 10.2. The maximum Gasteiger partial charge on any atom is 0.361 e. The minimum Gasteiger partial charge on any atom is -0.464 e. The molecule has 0 aliphatic rings. The molecule has 0 fully saturated rings. The summed E-state index contributed by atoms with van der Waals surface area (Å²) in [5.41, 5.74) is 0.107. The summed E-state index contributed by atoms with van der Waals surface area (Å²) in [6.45, 7) is 0.00470. The molecule has 0 aliphatic carbocycles. The van der Waals surface area contributed by atoms with Gasteiger partial charge < -0.3 is 4.74 Å². The highest BCUT2D eigenvalue weighted by Crippen LogP contribution is 2.11. The van der Waals surface area contributed by atoms with Gasteiger partial charge in [-0.3, -0.25) is 4.79 Å². The van der Waals surface area contributed by atoms with Crippen molar-refractivity contribution in [2.45, 2.75) is 6.54 Å². The first-order chi connectivity index (χ1) is 9.17. The van der Waals surface area contributed by atoms with Crippen LogP contribution >= 0.6 is 0 Å². The number of carbonyl (C=O) groups is 2. The first kappa shape index (κ1) is 12.9. The quantitative estimate of drug-likeness (QED) is 0.609. The van der Waals surface area contributed by atoms with Gasteiger partial charge in [-0.05, 0) is 6.07 Å². The molecule has 0 bridgehead atoms. The second-order valence-corrected chi connectivity index (χ2v) is 3.68. The predicted octanol–water partition coefficient (Wildman–Crippen LogP) is 1.06. The van der Waals surface area contributed by atoms with Crippen LogP contribution in [-0.2, 0) is 11.3 Å². The molecule has 98 valence electrons. The van der Waals surface area contributed by atoms with Crippen LogP contribution in [0.4, 0.5) is 4.39 Å². The molecular weight excluding hydrogens is 253 g/mol. The van der Waals surface area contributed by atoms with Crippen LogP contribution in [0, 0.1) is 5.82 Å². The van der Waals surface area contributed by atoms with Crippen LogP contribution in [0.1, 0.15) is 26.5 Å². The second kappa shape index (κ2) is 5.38. The molecule has 0 unspecified atom stereocenters. The van der Waals surface area contributed by atoms with E-state index >= 15 is 0 Å². The molecule has 2 rings (SSSR count). The number of halogens is 1. The third-order valence-electron chi connectivity index (χ3n) is 2.54. The molecule has 0 N–H and O–H groups in total. The number of esters is 1. The van der Waals surface area contributed by atoms with E-state index in [1.165, 1.54) is 13.2 Å². The van der Waals surface area contributed by atoms with Crippen molar-refractivity contribution in [1.82, 2.24) is 15.0 Å². The first-order valence-electron chi connectivity index (χ1n) is 5.37.